The third-order valence-electron chi connectivity index (χ3n) is 2.64. The van der Waals surface area contributed by atoms with E-state index in [0.717, 1.165) is 0 Å². The van der Waals surface area contributed by atoms with Crippen LogP contribution in [-0.2, 0) is 5.54 Å². The molecule has 15 heavy (non-hydrogen) atoms. The van der Waals surface area contributed by atoms with Crippen LogP contribution in [-0.4, -0.2) is 5.92 Å². The molecule has 1 aromatic rings. The van der Waals surface area contributed by atoms with Gasteiger partial charge in [-0.3, -0.25) is 0 Å². The average Bonchev–Trinajstić information content (AvgIpc) is 2.06. The fraction of sp³-hybridized carbons (Fsp3) is 0.400. The van der Waals surface area contributed by atoms with Crippen LogP contribution in [0.5, 0.6) is 0 Å². The van der Waals surface area contributed by atoms with Gasteiger partial charge in [-0.25, -0.2) is 8.78 Å². The monoisotopic (exact) mass is 251 g/mol. The molecule has 1 saturated carbocycles. The van der Waals surface area contributed by atoms with Gasteiger partial charge in [0.15, 0.2) is 0 Å². The Morgan fingerprint density at radius 1 is 1.13 bits per heavy atom. The van der Waals surface area contributed by atoms with E-state index in [1.54, 1.807) is 18.2 Å². The van der Waals surface area contributed by atoms with E-state index in [1.165, 1.54) is 0 Å². The minimum absolute atomic E-state index is 0.335. The number of hydrogen-bond donors (Lipinski definition) is 1. The minimum atomic E-state index is -2.65. The van der Waals surface area contributed by atoms with Gasteiger partial charge in [0.25, 0.3) is 5.92 Å². The molecule has 0 aromatic heterocycles. The van der Waals surface area contributed by atoms with Crippen LogP contribution in [0.1, 0.15) is 18.4 Å². The van der Waals surface area contributed by atoms with Crippen LogP contribution in [0.25, 0.3) is 0 Å². The third-order valence-corrected chi connectivity index (χ3v) is 3.38. The van der Waals surface area contributed by atoms with E-state index in [2.05, 4.69) is 0 Å². The molecule has 1 nitrogen and oxygen atoms in total. The van der Waals surface area contributed by atoms with E-state index in [0.29, 0.717) is 15.6 Å². The van der Waals surface area contributed by atoms with Crippen LogP contribution in [0.2, 0.25) is 10.0 Å². The first-order valence-corrected chi connectivity index (χ1v) is 5.20. The molecule has 1 aliphatic rings. The Morgan fingerprint density at radius 3 is 2.20 bits per heavy atom. The van der Waals surface area contributed by atoms with Crippen LogP contribution in [0, 0.1) is 0 Å². The lowest BCUT2D eigenvalue weighted by Gasteiger charge is -2.44. The summed E-state index contributed by atoms with van der Waals surface area (Å²) in [5.41, 5.74) is 5.49. The van der Waals surface area contributed by atoms with Crippen molar-refractivity contribution < 1.29 is 8.78 Å². The van der Waals surface area contributed by atoms with Gasteiger partial charge < -0.3 is 5.73 Å². The van der Waals surface area contributed by atoms with Crippen molar-refractivity contribution in [3.8, 4) is 0 Å². The van der Waals surface area contributed by atoms with Crippen molar-refractivity contribution in [2.75, 3.05) is 0 Å². The highest BCUT2D eigenvalue weighted by molar-refractivity contribution is 6.42. The van der Waals surface area contributed by atoms with Crippen LogP contribution in [0.4, 0.5) is 8.78 Å². The molecule has 1 aliphatic carbocycles. The molecular weight excluding hydrogens is 243 g/mol. The van der Waals surface area contributed by atoms with Crippen molar-refractivity contribution in [3.05, 3.63) is 33.8 Å². The van der Waals surface area contributed by atoms with Crippen LogP contribution >= 0.6 is 23.2 Å². The molecule has 2 rings (SSSR count). The molecule has 0 aliphatic heterocycles. The van der Waals surface area contributed by atoms with Gasteiger partial charge in [-0.1, -0.05) is 29.3 Å². The molecule has 0 unspecified atom stereocenters. The zero-order valence-electron chi connectivity index (χ0n) is 7.74. The molecular formula is C10H9Cl2F2N. The van der Waals surface area contributed by atoms with Gasteiger partial charge in [-0.05, 0) is 17.7 Å². The van der Waals surface area contributed by atoms with Gasteiger partial charge in [0.1, 0.15) is 0 Å². The minimum Gasteiger partial charge on any atom is -0.321 e. The van der Waals surface area contributed by atoms with E-state index < -0.39 is 11.5 Å². The average molecular weight is 252 g/mol. The van der Waals surface area contributed by atoms with E-state index in [1.807, 2.05) is 0 Å². The summed E-state index contributed by atoms with van der Waals surface area (Å²) in [6, 6.07) is 4.77. The maximum absolute atomic E-state index is 12.8. The van der Waals surface area contributed by atoms with E-state index in [4.69, 9.17) is 28.9 Å². The van der Waals surface area contributed by atoms with Crippen LogP contribution < -0.4 is 5.73 Å². The normalized spacial score (nSPS) is 22.2. The maximum atomic E-state index is 12.8. The largest absolute Gasteiger partial charge is 0.321 e. The van der Waals surface area contributed by atoms with Crippen molar-refractivity contribution in [1.82, 2.24) is 0 Å². The van der Waals surface area contributed by atoms with Crippen molar-refractivity contribution >= 4 is 23.2 Å². The molecule has 0 atom stereocenters. The van der Waals surface area contributed by atoms with Gasteiger partial charge in [-0.15, -0.1) is 0 Å². The van der Waals surface area contributed by atoms with Crippen LogP contribution in [0.3, 0.4) is 0 Å². The Morgan fingerprint density at radius 2 is 1.73 bits per heavy atom. The lowest BCUT2D eigenvalue weighted by Crippen LogP contribution is -2.55. The molecule has 0 spiro atoms. The van der Waals surface area contributed by atoms with Gasteiger partial charge in [0.2, 0.25) is 0 Å². The van der Waals surface area contributed by atoms with Crippen molar-refractivity contribution in [2.45, 2.75) is 24.3 Å². The van der Waals surface area contributed by atoms with Gasteiger partial charge in [0, 0.05) is 12.8 Å². The summed E-state index contributed by atoms with van der Waals surface area (Å²) in [4.78, 5) is 0. The first-order chi connectivity index (χ1) is 6.82. The molecule has 2 N–H and O–H groups in total. The summed E-state index contributed by atoms with van der Waals surface area (Å²) in [5.74, 6) is -2.65. The highest BCUT2D eigenvalue weighted by atomic mass is 35.5. The summed E-state index contributed by atoms with van der Waals surface area (Å²) in [5, 5.41) is 0.740. The molecule has 5 heteroatoms. The Labute approximate surface area is 96.2 Å². The zero-order valence-corrected chi connectivity index (χ0v) is 9.25. The molecule has 1 aromatic carbocycles. The first-order valence-electron chi connectivity index (χ1n) is 4.45. The van der Waals surface area contributed by atoms with Crippen LogP contribution in [0.15, 0.2) is 18.2 Å². The summed E-state index contributed by atoms with van der Waals surface area (Å²) in [7, 11) is 0. The predicted octanol–water partition coefficient (Wildman–Crippen LogP) is 3.58. The lowest BCUT2D eigenvalue weighted by molar-refractivity contribution is -0.125. The molecule has 0 radical (unpaired) electrons. The second-order valence-electron chi connectivity index (χ2n) is 3.99. The number of rotatable bonds is 1. The predicted molar refractivity (Wildman–Crippen MR) is 56.5 cm³/mol. The third kappa shape index (κ3) is 1.96. The number of halogens is 4. The Balaban J connectivity index is 2.28. The van der Waals surface area contributed by atoms with E-state index in [-0.39, 0.29) is 12.8 Å². The molecule has 0 heterocycles. The molecule has 82 valence electrons. The fourth-order valence-corrected chi connectivity index (χ4v) is 2.18. The Bertz CT molecular complexity index is 398. The number of alkyl halides is 2. The highest BCUT2D eigenvalue weighted by Gasteiger charge is 2.55. The molecule has 0 saturated heterocycles. The SMILES string of the molecule is NC1(c2ccc(Cl)c(Cl)c2)CC(F)(F)C1. The van der Waals surface area contributed by atoms with E-state index >= 15 is 0 Å². The van der Waals surface area contributed by atoms with Gasteiger partial charge in [-0.2, -0.15) is 0 Å². The molecule has 0 bridgehead atoms. The summed E-state index contributed by atoms with van der Waals surface area (Å²) in [6.07, 6.45) is -0.671. The van der Waals surface area contributed by atoms with Crippen molar-refractivity contribution in [3.63, 3.8) is 0 Å². The number of hydrogen-bond acceptors (Lipinski definition) is 1. The first kappa shape index (κ1) is 11.1. The van der Waals surface area contributed by atoms with Crippen molar-refractivity contribution in [1.29, 1.82) is 0 Å². The summed E-state index contributed by atoms with van der Waals surface area (Å²) in [6.45, 7) is 0. The summed E-state index contributed by atoms with van der Waals surface area (Å²) >= 11 is 11.5. The highest BCUT2D eigenvalue weighted by Crippen LogP contribution is 2.50. The number of nitrogens with two attached hydrogens (primary N) is 1. The zero-order chi connectivity index (χ0) is 11.3. The smallest absolute Gasteiger partial charge is 0.252 e. The Kier molecular flexibility index (Phi) is 2.45. The standard InChI is InChI=1S/C10H9Cl2F2N/c11-7-2-1-6(3-8(7)12)9(15)4-10(13,14)5-9/h1-3H,4-5,15H2. The van der Waals surface area contributed by atoms with Gasteiger partial charge in [0.05, 0.1) is 15.6 Å². The molecule has 0 amide bonds. The number of benzene rings is 1. The second kappa shape index (κ2) is 3.30. The maximum Gasteiger partial charge on any atom is 0.252 e. The van der Waals surface area contributed by atoms with Crippen molar-refractivity contribution in [2.24, 2.45) is 5.73 Å². The second-order valence-corrected chi connectivity index (χ2v) is 4.81. The fourth-order valence-electron chi connectivity index (χ4n) is 1.88. The van der Waals surface area contributed by atoms with E-state index in [9.17, 15) is 8.78 Å². The Hall–Kier alpha value is -0.380. The summed E-state index contributed by atoms with van der Waals surface area (Å²) < 4.78 is 25.5. The molecule has 1 fully saturated rings. The quantitative estimate of drug-likeness (QED) is 0.812. The van der Waals surface area contributed by atoms with Gasteiger partial charge >= 0.3 is 0 Å². The topological polar surface area (TPSA) is 26.0 Å². The lowest BCUT2D eigenvalue weighted by atomic mass is 9.70.